The second-order valence-corrected chi connectivity index (χ2v) is 11.7. The molecule has 3 N–H and O–H groups in total. The van der Waals surface area contributed by atoms with Gasteiger partial charge in [0.05, 0.1) is 17.9 Å². The average Bonchev–Trinajstić information content (AvgIpc) is 2.81. The Labute approximate surface area is 207 Å². The van der Waals surface area contributed by atoms with Crippen LogP contribution in [-0.4, -0.2) is 46.9 Å². The summed E-state index contributed by atoms with van der Waals surface area (Å²) >= 11 is 0. The Morgan fingerprint density at radius 3 is 2.39 bits per heavy atom. The summed E-state index contributed by atoms with van der Waals surface area (Å²) in [5.41, 5.74) is -0.135. The minimum absolute atomic E-state index is 0.184. The Morgan fingerprint density at radius 1 is 1.11 bits per heavy atom. The van der Waals surface area contributed by atoms with Crippen molar-refractivity contribution < 1.29 is 37.1 Å². The van der Waals surface area contributed by atoms with E-state index in [1.807, 2.05) is 0 Å². The van der Waals surface area contributed by atoms with E-state index in [0.29, 0.717) is 18.4 Å². The number of amides is 1. The van der Waals surface area contributed by atoms with E-state index in [0.717, 1.165) is 12.1 Å². The number of Topliss-reactive ketones (excluding diaryl/α,β-unsaturated/α-hetero) is 1. The zero-order valence-electron chi connectivity index (χ0n) is 19.7. The maximum Gasteiger partial charge on any atom is 0.250 e. The molecule has 0 bridgehead atoms. The summed E-state index contributed by atoms with van der Waals surface area (Å²) in [6.45, 7) is 1.34. The van der Waals surface area contributed by atoms with Crippen molar-refractivity contribution in [2.75, 3.05) is 0 Å². The third kappa shape index (κ3) is 4.68. The van der Waals surface area contributed by atoms with Crippen LogP contribution in [0.25, 0.3) is 0 Å². The third-order valence-electron chi connectivity index (χ3n) is 7.32. The van der Waals surface area contributed by atoms with Crippen LogP contribution in [0, 0.1) is 11.6 Å². The second-order valence-electron chi connectivity index (χ2n) is 9.62. The topological polar surface area (TPSA) is 124 Å². The number of halogens is 2. The van der Waals surface area contributed by atoms with Gasteiger partial charge in [-0.3, -0.25) is 14.8 Å². The zero-order chi connectivity index (χ0) is 26.3. The van der Waals surface area contributed by atoms with E-state index in [1.165, 1.54) is 9.79 Å². The number of aliphatic hydroxyl groups excluding tert-OH is 1. The van der Waals surface area contributed by atoms with Crippen LogP contribution in [0.2, 0.25) is 0 Å². The first-order valence-electron chi connectivity index (χ1n) is 11.7. The number of rotatable bonds is 7. The number of benzene rings is 2. The number of nitrogens with one attached hydrogen (secondary N) is 1. The van der Waals surface area contributed by atoms with Crippen molar-refractivity contribution in [1.29, 1.82) is 0 Å². The summed E-state index contributed by atoms with van der Waals surface area (Å²) in [4.78, 5) is 24.3. The summed E-state index contributed by atoms with van der Waals surface area (Å²) in [6, 6.07) is 10.0. The molecule has 2 aromatic rings. The van der Waals surface area contributed by atoms with Crippen molar-refractivity contribution in [3.05, 3.63) is 70.8 Å². The quantitative estimate of drug-likeness (QED) is 0.292. The van der Waals surface area contributed by atoms with Gasteiger partial charge in [-0.1, -0.05) is 30.3 Å². The van der Waals surface area contributed by atoms with Gasteiger partial charge in [-0.15, -0.1) is 0 Å². The summed E-state index contributed by atoms with van der Waals surface area (Å²) in [5.74, 6) is -3.59. The molecule has 0 spiro atoms. The Balaban J connectivity index is 1.65. The van der Waals surface area contributed by atoms with Crippen molar-refractivity contribution in [1.82, 2.24) is 9.79 Å². The lowest BCUT2D eigenvalue weighted by Crippen LogP contribution is -2.52. The molecule has 2 fully saturated rings. The number of hydrogen-bond donors (Lipinski definition) is 3. The lowest BCUT2D eigenvalue weighted by molar-refractivity contribution is -0.140. The van der Waals surface area contributed by atoms with Crippen molar-refractivity contribution in [3.8, 4) is 0 Å². The first-order valence-corrected chi connectivity index (χ1v) is 13.2. The van der Waals surface area contributed by atoms with Gasteiger partial charge in [-0.25, -0.2) is 22.7 Å². The molecule has 194 valence electrons. The minimum Gasteiger partial charge on any atom is -0.393 e. The Hall–Kier alpha value is -2.73. The number of hydrogen-bond acceptors (Lipinski definition) is 6. The Bertz CT molecular complexity index is 1260. The van der Waals surface area contributed by atoms with Crippen LogP contribution in [-0.2, 0) is 31.6 Å². The molecule has 36 heavy (non-hydrogen) atoms. The first-order chi connectivity index (χ1) is 17.0. The summed E-state index contributed by atoms with van der Waals surface area (Å²) in [7, 11) is -3.87. The highest BCUT2D eigenvalue weighted by Gasteiger charge is 2.52. The maximum atomic E-state index is 15.3. The van der Waals surface area contributed by atoms with E-state index in [4.69, 9.17) is 5.21 Å². The predicted molar refractivity (Wildman–Crippen MR) is 125 cm³/mol. The van der Waals surface area contributed by atoms with Gasteiger partial charge in [-0.2, -0.15) is 4.31 Å². The van der Waals surface area contributed by atoms with Crippen LogP contribution in [0.5, 0.6) is 0 Å². The number of nitrogens with zero attached hydrogens (tertiary/aromatic N) is 1. The molecule has 1 amide bonds. The third-order valence-corrected chi connectivity index (χ3v) is 9.69. The summed E-state index contributed by atoms with van der Waals surface area (Å²) in [6.07, 6.45) is -1.14. The molecule has 1 heterocycles. The van der Waals surface area contributed by atoms with Gasteiger partial charge in [0.2, 0.25) is 10.0 Å². The van der Waals surface area contributed by atoms with E-state index < -0.39 is 62.6 Å². The minimum atomic E-state index is -3.87. The van der Waals surface area contributed by atoms with E-state index in [-0.39, 0.29) is 30.5 Å². The van der Waals surface area contributed by atoms with Crippen molar-refractivity contribution >= 4 is 21.7 Å². The number of hydroxylamine groups is 1. The van der Waals surface area contributed by atoms with Crippen LogP contribution in [0.1, 0.15) is 61.0 Å². The van der Waals surface area contributed by atoms with Gasteiger partial charge < -0.3 is 5.11 Å². The predicted octanol–water partition coefficient (Wildman–Crippen LogP) is 2.88. The van der Waals surface area contributed by atoms with E-state index in [1.54, 1.807) is 37.3 Å². The van der Waals surface area contributed by atoms with Crippen LogP contribution in [0.3, 0.4) is 0 Å². The largest absolute Gasteiger partial charge is 0.393 e. The fourth-order valence-corrected chi connectivity index (χ4v) is 7.48. The van der Waals surface area contributed by atoms with Gasteiger partial charge in [-0.05, 0) is 50.3 Å². The molecule has 0 unspecified atom stereocenters. The van der Waals surface area contributed by atoms with Crippen molar-refractivity contribution in [3.63, 3.8) is 0 Å². The van der Waals surface area contributed by atoms with E-state index in [9.17, 15) is 23.1 Å². The van der Waals surface area contributed by atoms with Gasteiger partial charge in [0.25, 0.3) is 5.91 Å². The standard InChI is InChI=1S/C25H28F2N2O6S/c1-15-7-8-22(16-5-3-2-4-6-16)36(34,35)29(15)14-17-9-21(27)19(10-20(17)26)25(12-18(30)13-25)23(31)11-24(32)28-33/h2-6,9-10,15,18,22,30,33H,7-8,11-14H2,1H3,(H,28,32)/t15-,18?,22+,25?/m0/s1. The molecular formula is C25H28F2N2O6S. The van der Waals surface area contributed by atoms with Crippen molar-refractivity contribution in [2.24, 2.45) is 0 Å². The fourth-order valence-electron chi connectivity index (χ4n) is 5.29. The van der Waals surface area contributed by atoms with Crippen LogP contribution < -0.4 is 5.48 Å². The number of carbonyl (C=O) groups is 2. The molecule has 11 heteroatoms. The SMILES string of the molecule is C[C@H]1CC[C@H](c2ccccc2)S(=O)(=O)N1Cc1cc(F)c(C2(C(=O)CC(=O)NO)CC(O)C2)cc1F. The molecule has 4 rings (SSSR count). The van der Waals surface area contributed by atoms with E-state index >= 15 is 8.78 Å². The summed E-state index contributed by atoms with van der Waals surface area (Å²) < 4.78 is 58.7. The highest BCUT2D eigenvalue weighted by molar-refractivity contribution is 7.89. The highest BCUT2D eigenvalue weighted by atomic mass is 32.2. The van der Waals surface area contributed by atoms with E-state index in [2.05, 4.69) is 0 Å². The van der Waals surface area contributed by atoms with Crippen LogP contribution in [0.15, 0.2) is 42.5 Å². The summed E-state index contributed by atoms with van der Waals surface area (Å²) in [5, 5.41) is 17.8. The Kier molecular flexibility index (Phi) is 7.29. The molecule has 0 radical (unpaired) electrons. The fraction of sp³-hybridized carbons (Fsp3) is 0.440. The van der Waals surface area contributed by atoms with Gasteiger partial charge in [0.1, 0.15) is 16.9 Å². The number of sulfonamides is 1. The number of ketones is 1. The molecule has 2 aliphatic rings. The molecule has 8 nitrogen and oxygen atoms in total. The lowest BCUT2D eigenvalue weighted by atomic mass is 9.59. The highest BCUT2D eigenvalue weighted by Crippen LogP contribution is 2.47. The zero-order valence-corrected chi connectivity index (χ0v) is 20.5. The number of aliphatic hydroxyl groups is 1. The van der Waals surface area contributed by atoms with Gasteiger partial charge in [0.15, 0.2) is 5.78 Å². The second kappa shape index (κ2) is 9.97. The first kappa shape index (κ1) is 26.3. The molecule has 2 aromatic carbocycles. The molecule has 1 aliphatic heterocycles. The normalized spacial score (nSPS) is 27.8. The lowest BCUT2D eigenvalue weighted by Gasteiger charge is -2.44. The molecule has 0 aromatic heterocycles. The van der Waals surface area contributed by atoms with Crippen LogP contribution in [0.4, 0.5) is 8.78 Å². The van der Waals surface area contributed by atoms with Gasteiger partial charge in [0, 0.05) is 23.7 Å². The molecule has 2 atom stereocenters. The number of carbonyl (C=O) groups excluding carboxylic acids is 2. The molecule has 1 aliphatic carbocycles. The smallest absolute Gasteiger partial charge is 0.250 e. The van der Waals surface area contributed by atoms with Crippen LogP contribution >= 0.6 is 0 Å². The molecular weight excluding hydrogens is 494 g/mol. The van der Waals surface area contributed by atoms with Crippen molar-refractivity contribution in [2.45, 2.75) is 68.4 Å². The monoisotopic (exact) mass is 522 g/mol. The maximum absolute atomic E-state index is 15.3. The average molecular weight is 523 g/mol. The van der Waals surface area contributed by atoms with Gasteiger partial charge >= 0.3 is 0 Å². The Morgan fingerprint density at radius 2 is 1.78 bits per heavy atom. The molecule has 1 saturated carbocycles. The molecule has 1 saturated heterocycles.